The van der Waals surface area contributed by atoms with Gasteiger partial charge in [0.05, 0.1) is 18.2 Å². The van der Waals surface area contributed by atoms with Gasteiger partial charge >= 0.3 is 12.0 Å². The van der Waals surface area contributed by atoms with Crippen molar-refractivity contribution in [2.45, 2.75) is 53.0 Å². The van der Waals surface area contributed by atoms with Crippen LogP contribution >= 0.6 is 0 Å². The lowest BCUT2D eigenvalue weighted by atomic mass is 9.92. The summed E-state index contributed by atoms with van der Waals surface area (Å²) in [7, 11) is 1.68. The Morgan fingerprint density at radius 1 is 1.06 bits per heavy atom. The molecule has 8 nitrogen and oxygen atoms in total. The van der Waals surface area contributed by atoms with Crippen LogP contribution in [0.25, 0.3) is 0 Å². The normalized spacial score (nSPS) is 19.4. The quantitative estimate of drug-likeness (QED) is 0.571. The average Bonchev–Trinajstić information content (AvgIpc) is 2.82. The lowest BCUT2D eigenvalue weighted by molar-refractivity contribution is -0.139. The predicted octanol–water partition coefficient (Wildman–Crippen LogP) is 3.51. The van der Waals surface area contributed by atoms with Gasteiger partial charge in [0.2, 0.25) is 5.91 Å². The Hall–Kier alpha value is -2.87. The number of benzene rings is 1. The Labute approximate surface area is 209 Å². The number of carbonyl (C=O) groups is 3. The van der Waals surface area contributed by atoms with Crippen molar-refractivity contribution in [2.75, 3.05) is 46.4 Å². The number of piperazine rings is 1. The highest BCUT2D eigenvalue weighted by molar-refractivity contribution is 5.95. The van der Waals surface area contributed by atoms with Gasteiger partial charge in [-0.15, -0.1) is 0 Å². The van der Waals surface area contributed by atoms with Crippen molar-refractivity contribution in [3.05, 3.63) is 46.7 Å². The van der Waals surface area contributed by atoms with E-state index < -0.39 is 12.0 Å². The minimum Gasteiger partial charge on any atom is -0.463 e. The molecule has 1 fully saturated rings. The topological polar surface area (TPSA) is 82.2 Å². The Balaban J connectivity index is 1.87. The van der Waals surface area contributed by atoms with Crippen molar-refractivity contribution in [2.24, 2.45) is 5.92 Å². The summed E-state index contributed by atoms with van der Waals surface area (Å²) in [5, 5.41) is 2.98. The smallest absolute Gasteiger partial charge is 0.338 e. The third-order valence-corrected chi connectivity index (χ3v) is 6.69. The van der Waals surface area contributed by atoms with Crippen LogP contribution in [-0.2, 0) is 14.3 Å². The van der Waals surface area contributed by atoms with Crippen LogP contribution in [0.2, 0.25) is 0 Å². The number of rotatable bonds is 8. The van der Waals surface area contributed by atoms with E-state index in [-0.39, 0.29) is 18.5 Å². The first-order valence-corrected chi connectivity index (χ1v) is 12.7. The Kier molecular flexibility index (Phi) is 8.94. The van der Waals surface area contributed by atoms with Crippen LogP contribution in [-0.4, -0.2) is 79.0 Å². The molecule has 1 aromatic rings. The maximum atomic E-state index is 13.2. The van der Waals surface area contributed by atoms with Gasteiger partial charge in [0.25, 0.3) is 0 Å². The third-order valence-electron chi connectivity index (χ3n) is 6.69. The first-order chi connectivity index (χ1) is 16.6. The molecule has 2 aliphatic rings. The van der Waals surface area contributed by atoms with Crippen LogP contribution in [0.4, 0.5) is 4.79 Å². The molecular weight excluding hydrogens is 444 g/mol. The van der Waals surface area contributed by atoms with E-state index >= 15 is 0 Å². The van der Waals surface area contributed by atoms with Gasteiger partial charge in [0, 0.05) is 51.9 Å². The average molecular weight is 485 g/mol. The lowest BCUT2D eigenvalue weighted by Crippen LogP contribution is -2.53. The van der Waals surface area contributed by atoms with E-state index in [1.165, 1.54) is 10.5 Å². The molecule has 0 bridgehead atoms. The zero-order valence-corrected chi connectivity index (χ0v) is 22.0. The van der Waals surface area contributed by atoms with Crippen molar-refractivity contribution in [1.29, 1.82) is 0 Å². The summed E-state index contributed by atoms with van der Waals surface area (Å²) in [6, 6.07) is 7.20. The second kappa shape index (κ2) is 11.7. The monoisotopic (exact) mass is 484 g/mol. The van der Waals surface area contributed by atoms with Gasteiger partial charge in [-0.1, -0.05) is 52.0 Å². The Bertz CT molecular complexity index is 946. The zero-order chi connectivity index (χ0) is 25.7. The summed E-state index contributed by atoms with van der Waals surface area (Å²) >= 11 is 0. The molecule has 3 rings (SSSR count). The molecule has 2 heterocycles. The summed E-state index contributed by atoms with van der Waals surface area (Å²) in [5.74, 6) is 0.486. The number of nitrogens with one attached hydrogen (secondary N) is 1. The minimum atomic E-state index is -0.581. The van der Waals surface area contributed by atoms with Crippen LogP contribution in [0.15, 0.2) is 35.5 Å². The maximum Gasteiger partial charge on any atom is 0.338 e. The van der Waals surface area contributed by atoms with Crippen molar-refractivity contribution >= 4 is 17.9 Å². The van der Waals surface area contributed by atoms with E-state index in [0.29, 0.717) is 62.3 Å². The van der Waals surface area contributed by atoms with E-state index in [1.807, 2.05) is 43.0 Å². The van der Waals surface area contributed by atoms with Crippen LogP contribution < -0.4 is 5.32 Å². The highest BCUT2D eigenvalue weighted by atomic mass is 16.5. The van der Waals surface area contributed by atoms with Crippen molar-refractivity contribution < 1.29 is 19.1 Å². The number of likely N-dealkylation sites (N-methyl/N-ethyl adjacent to an activating group) is 1. The van der Waals surface area contributed by atoms with Gasteiger partial charge in [-0.3, -0.25) is 14.6 Å². The van der Waals surface area contributed by atoms with E-state index in [1.54, 1.807) is 14.0 Å². The number of urea groups is 1. The fourth-order valence-corrected chi connectivity index (χ4v) is 4.57. The summed E-state index contributed by atoms with van der Waals surface area (Å²) in [4.78, 5) is 44.2. The molecule has 3 amide bonds. The Morgan fingerprint density at radius 3 is 2.23 bits per heavy atom. The number of nitrogens with zero attached hydrogens (tertiary/aromatic N) is 3. The summed E-state index contributed by atoms with van der Waals surface area (Å²) in [6.45, 7) is 13.5. The summed E-state index contributed by atoms with van der Waals surface area (Å²) in [5.41, 5.74) is 3.15. The molecule has 1 N–H and O–H groups in total. The first kappa shape index (κ1) is 26.7. The van der Waals surface area contributed by atoms with Crippen molar-refractivity contribution in [3.63, 3.8) is 0 Å². The molecule has 0 aromatic heterocycles. The van der Waals surface area contributed by atoms with E-state index in [4.69, 9.17) is 4.74 Å². The SMILES string of the molecule is CCOC(=O)C1=C(CN2CCN(C(=O)CC(C)C)CC2)N(C)C(=O)N[C@@H]1c1ccc(C(C)C)cc1. The van der Waals surface area contributed by atoms with Crippen LogP contribution in [0.5, 0.6) is 0 Å². The lowest BCUT2D eigenvalue weighted by Gasteiger charge is -2.39. The van der Waals surface area contributed by atoms with Gasteiger partial charge in [-0.05, 0) is 29.9 Å². The number of hydrogen-bond donors (Lipinski definition) is 1. The molecule has 1 atom stereocenters. The highest BCUT2D eigenvalue weighted by Crippen LogP contribution is 2.32. The zero-order valence-electron chi connectivity index (χ0n) is 22.0. The number of esters is 1. The number of amides is 3. The van der Waals surface area contributed by atoms with Gasteiger partial charge < -0.3 is 15.0 Å². The predicted molar refractivity (Wildman–Crippen MR) is 136 cm³/mol. The van der Waals surface area contributed by atoms with Gasteiger partial charge in [-0.25, -0.2) is 9.59 Å². The molecular formula is C27H40N4O4. The number of hydrogen-bond acceptors (Lipinski definition) is 5. The molecule has 0 unspecified atom stereocenters. The fourth-order valence-electron chi connectivity index (χ4n) is 4.57. The largest absolute Gasteiger partial charge is 0.463 e. The molecule has 2 aliphatic heterocycles. The highest BCUT2D eigenvalue weighted by Gasteiger charge is 2.37. The Morgan fingerprint density at radius 2 is 1.69 bits per heavy atom. The van der Waals surface area contributed by atoms with E-state index in [9.17, 15) is 14.4 Å². The molecule has 35 heavy (non-hydrogen) atoms. The minimum absolute atomic E-state index is 0.185. The fraction of sp³-hybridized carbons (Fsp3) is 0.593. The molecule has 192 valence electrons. The molecule has 8 heteroatoms. The second-order valence-electron chi connectivity index (χ2n) is 10.1. The van der Waals surface area contributed by atoms with Crippen LogP contribution in [0.1, 0.15) is 64.1 Å². The molecule has 0 saturated carbocycles. The van der Waals surface area contributed by atoms with Crippen LogP contribution in [0.3, 0.4) is 0 Å². The maximum absolute atomic E-state index is 13.2. The number of carbonyl (C=O) groups excluding carboxylic acids is 3. The standard InChI is InChI=1S/C27H40N4O4/c1-7-35-26(33)24-22(17-30-12-14-31(15-13-30)23(32)16-18(2)3)29(6)27(34)28-25(24)21-10-8-20(9-11-21)19(4)5/h8-11,18-19,25H,7,12-17H2,1-6H3,(H,28,34)/t25-/m1/s1. The number of ether oxygens (including phenoxy) is 1. The summed E-state index contributed by atoms with van der Waals surface area (Å²) < 4.78 is 5.44. The molecule has 1 saturated heterocycles. The van der Waals surface area contributed by atoms with Gasteiger partial charge in [0.15, 0.2) is 0 Å². The molecule has 0 radical (unpaired) electrons. The van der Waals surface area contributed by atoms with E-state index in [0.717, 1.165) is 5.56 Å². The second-order valence-corrected chi connectivity index (χ2v) is 10.1. The first-order valence-electron chi connectivity index (χ1n) is 12.7. The third kappa shape index (κ3) is 6.42. The van der Waals surface area contributed by atoms with Gasteiger partial charge in [-0.2, -0.15) is 0 Å². The summed E-state index contributed by atoms with van der Waals surface area (Å²) in [6.07, 6.45) is 0.554. The van der Waals surface area contributed by atoms with Crippen LogP contribution in [0, 0.1) is 5.92 Å². The van der Waals surface area contributed by atoms with Crippen molar-refractivity contribution in [1.82, 2.24) is 20.0 Å². The molecule has 0 aliphatic carbocycles. The van der Waals surface area contributed by atoms with E-state index in [2.05, 4.69) is 24.1 Å². The van der Waals surface area contributed by atoms with Gasteiger partial charge in [0.1, 0.15) is 0 Å². The molecule has 0 spiro atoms. The molecule has 1 aromatic carbocycles. The van der Waals surface area contributed by atoms with Crippen molar-refractivity contribution in [3.8, 4) is 0 Å².